The predicted octanol–water partition coefficient (Wildman–Crippen LogP) is 3.47. The number of hydrogen-bond donors (Lipinski definition) is 0. The standard InChI is InChI=1S/2CH2Br2/c2*2-1-3/h2*1H2. The summed E-state index contributed by atoms with van der Waals surface area (Å²) in [5.74, 6) is 0. The summed E-state index contributed by atoms with van der Waals surface area (Å²) in [7, 11) is 0. The number of alkyl halides is 4. The molecule has 0 radical (unpaired) electrons. The Morgan fingerprint density at radius 2 is 0.667 bits per heavy atom. The lowest BCUT2D eigenvalue weighted by Crippen LogP contribution is -1.19. The molecule has 0 aliphatic rings. The van der Waals surface area contributed by atoms with Gasteiger partial charge in [-0.25, -0.2) is 0 Å². The smallest absolute Gasteiger partial charge is 0.0588 e. The van der Waals surface area contributed by atoms with Crippen LogP contribution >= 0.6 is 63.7 Å². The highest BCUT2D eigenvalue weighted by Crippen LogP contribution is 1.83. The van der Waals surface area contributed by atoms with Crippen LogP contribution in [-0.4, -0.2) is 8.48 Å². The van der Waals surface area contributed by atoms with Crippen molar-refractivity contribution in [3.63, 3.8) is 0 Å². The van der Waals surface area contributed by atoms with Crippen LogP contribution in [0.3, 0.4) is 0 Å². The largest absolute Gasteiger partial charge is 0.0802 e. The fraction of sp³-hybridized carbons (Fsp3) is 1.00. The lowest BCUT2D eigenvalue weighted by Gasteiger charge is -1.43. The maximum Gasteiger partial charge on any atom is 0.0588 e. The van der Waals surface area contributed by atoms with Crippen LogP contribution in [0.1, 0.15) is 0 Å². The summed E-state index contributed by atoms with van der Waals surface area (Å²) in [6, 6.07) is 0. The fourth-order valence-electron chi connectivity index (χ4n) is 0. The molecule has 0 N–H and O–H groups in total. The molecule has 0 rings (SSSR count). The second-order valence-corrected chi connectivity index (χ2v) is 5.45. The van der Waals surface area contributed by atoms with E-state index in [4.69, 9.17) is 0 Å². The Kier molecular flexibility index (Phi) is 28.5. The van der Waals surface area contributed by atoms with Gasteiger partial charge in [0.2, 0.25) is 0 Å². The van der Waals surface area contributed by atoms with E-state index >= 15 is 0 Å². The first-order valence-electron chi connectivity index (χ1n) is 1.07. The summed E-state index contributed by atoms with van der Waals surface area (Å²) in [5, 5.41) is 0. The monoisotopic (exact) mass is 344 g/mol. The Labute approximate surface area is 71.6 Å². The molecule has 0 bridgehead atoms. The van der Waals surface area contributed by atoms with Crippen LogP contribution in [0, 0.1) is 0 Å². The lowest BCUT2D eigenvalue weighted by molar-refractivity contribution is 2.44. The molecule has 0 amide bonds. The second-order valence-electron chi connectivity index (χ2n) is 0.202. The molecule has 0 aliphatic heterocycles. The molecule has 0 spiro atoms. The average molecular weight is 348 g/mol. The van der Waals surface area contributed by atoms with Crippen LogP contribution in [0.4, 0.5) is 0 Å². The molecule has 0 fully saturated rings. The van der Waals surface area contributed by atoms with E-state index in [-0.39, 0.29) is 0 Å². The fourth-order valence-corrected chi connectivity index (χ4v) is 0. The molecule has 0 aromatic rings. The van der Waals surface area contributed by atoms with E-state index in [1.54, 1.807) is 0 Å². The van der Waals surface area contributed by atoms with Gasteiger partial charge in [0, 0.05) is 0 Å². The molecular weight excluding hydrogens is 344 g/mol. The molecule has 0 atom stereocenters. The summed E-state index contributed by atoms with van der Waals surface area (Å²) in [6.07, 6.45) is 0. The first-order valence-corrected chi connectivity index (χ1v) is 5.55. The van der Waals surface area contributed by atoms with Crippen LogP contribution in [-0.2, 0) is 0 Å². The SMILES string of the molecule is BrCBr.BrCBr. The molecule has 0 aromatic heterocycles. The highest BCUT2D eigenvalue weighted by molar-refractivity contribution is 9.24. The zero-order valence-corrected chi connectivity index (χ0v) is 9.27. The highest BCUT2D eigenvalue weighted by atomic mass is 79.9. The van der Waals surface area contributed by atoms with Crippen molar-refractivity contribution in [3.8, 4) is 0 Å². The molecule has 4 heteroatoms. The molecule has 0 unspecified atom stereocenters. The van der Waals surface area contributed by atoms with E-state index in [1.807, 2.05) is 0 Å². The van der Waals surface area contributed by atoms with Crippen molar-refractivity contribution in [2.24, 2.45) is 0 Å². The first kappa shape index (κ1) is 10.8. The molecule has 0 heterocycles. The van der Waals surface area contributed by atoms with E-state index < -0.39 is 0 Å². The van der Waals surface area contributed by atoms with Crippen molar-refractivity contribution in [1.29, 1.82) is 0 Å². The van der Waals surface area contributed by atoms with Gasteiger partial charge in [0.15, 0.2) is 0 Å². The molecule has 6 heavy (non-hydrogen) atoms. The normalized spacial score (nSPS) is 6.00. The van der Waals surface area contributed by atoms with Crippen molar-refractivity contribution < 1.29 is 0 Å². The molecular formula is C2H4Br4. The van der Waals surface area contributed by atoms with E-state index in [0.29, 0.717) is 0 Å². The summed E-state index contributed by atoms with van der Waals surface area (Å²) in [5.41, 5.74) is 0. The summed E-state index contributed by atoms with van der Waals surface area (Å²) in [6.45, 7) is 0. The Bertz CT molecular complexity index is 7.51. The third-order valence-electron chi connectivity index (χ3n) is 0. The van der Waals surface area contributed by atoms with E-state index in [9.17, 15) is 0 Å². The molecule has 0 aromatic carbocycles. The minimum absolute atomic E-state index is 0.875. The minimum Gasteiger partial charge on any atom is -0.0802 e. The Hall–Kier alpha value is 1.92. The zero-order valence-electron chi connectivity index (χ0n) is 2.93. The van der Waals surface area contributed by atoms with Crippen molar-refractivity contribution >= 4 is 63.7 Å². The van der Waals surface area contributed by atoms with Crippen LogP contribution in [0.2, 0.25) is 0 Å². The third-order valence-corrected chi connectivity index (χ3v) is 0. The molecule has 0 nitrogen and oxygen atoms in total. The third kappa shape index (κ3) is 38.9. The van der Waals surface area contributed by atoms with Gasteiger partial charge >= 0.3 is 0 Å². The van der Waals surface area contributed by atoms with Gasteiger partial charge in [-0.2, -0.15) is 0 Å². The van der Waals surface area contributed by atoms with E-state index in [0.717, 1.165) is 8.48 Å². The summed E-state index contributed by atoms with van der Waals surface area (Å²) < 4.78 is 1.75. The molecule has 40 valence electrons. The average Bonchev–Trinajstić information content (AvgIpc) is 1.39. The topological polar surface area (TPSA) is 0 Å². The Morgan fingerprint density at radius 1 is 0.667 bits per heavy atom. The number of hydrogen-bond acceptors (Lipinski definition) is 0. The quantitative estimate of drug-likeness (QED) is 0.589. The lowest BCUT2D eigenvalue weighted by atomic mass is 12.0. The van der Waals surface area contributed by atoms with Gasteiger partial charge in [-0.05, 0) is 0 Å². The molecule has 0 saturated heterocycles. The molecule has 0 saturated carbocycles. The van der Waals surface area contributed by atoms with Crippen molar-refractivity contribution in [2.75, 3.05) is 8.48 Å². The Balaban J connectivity index is 0. The van der Waals surface area contributed by atoms with Gasteiger partial charge in [-0.3, -0.25) is 0 Å². The van der Waals surface area contributed by atoms with Gasteiger partial charge in [-0.1, -0.05) is 63.7 Å². The molecule has 0 aliphatic carbocycles. The van der Waals surface area contributed by atoms with Crippen LogP contribution in [0.15, 0.2) is 0 Å². The maximum atomic E-state index is 3.06. The van der Waals surface area contributed by atoms with Gasteiger partial charge < -0.3 is 0 Å². The maximum absolute atomic E-state index is 3.06. The van der Waals surface area contributed by atoms with Crippen molar-refractivity contribution in [3.05, 3.63) is 0 Å². The first-order chi connectivity index (χ1) is 2.83. The number of rotatable bonds is 0. The number of halogens is 4. The van der Waals surface area contributed by atoms with Crippen LogP contribution in [0.25, 0.3) is 0 Å². The predicted molar refractivity (Wildman–Crippen MR) is 45.4 cm³/mol. The summed E-state index contributed by atoms with van der Waals surface area (Å²) in [4.78, 5) is 0. The van der Waals surface area contributed by atoms with Gasteiger partial charge in [0.25, 0.3) is 0 Å². The van der Waals surface area contributed by atoms with Crippen molar-refractivity contribution in [2.45, 2.75) is 0 Å². The minimum atomic E-state index is 0.875. The van der Waals surface area contributed by atoms with Gasteiger partial charge in [0.1, 0.15) is 0 Å². The van der Waals surface area contributed by atoms with Crippen LogP contribution in [0.5, 0.6) is 0 Å². The highest BCUT2D eigenvalue weighted by Gasteiger charge is 1.41. The van der Waals surface area contributed by atoms with E-state index in [2.05, 4.69) is 63.7 Å². The van der Waals surface area contributed by atoms with Crippen molar-refractivity contribution in [1.82, 2.24) is 0 Å². The zero-order chi connectivity index (χ0) is 5.41. The van der Waals surface area contributed by atoms with E-state index in [1.165, 1.54) is 0 Å². The second kappa shape index (κ2) is 15.8. The van der Waals surface area contributed by atoms with Gasteiger partial charge in [-0.15, -0.1) is 0 Å². The van der Waals surface area contributed by atoms with Gasteiger partial charge in [0.05, 0.1) is 8.48 Å². The summed E-state index contributed by atoms with van der Waals surface area (Å²) >= 11 is 12.2. The Morgan fingerprint density at radius 3 is 0.667 bits per heavy atom. The van der Waals surface area contributed by atoms with Crippen LogP contribution < -0.4 is 0 Å².